The fourth-order valence-electron chi connectivity index (χ4n) is 14.3. The molecule has 77 heavy (non-hydrogen) atoms. The molecule has 3 aliphatic carbocycles. The van der Waals surface area contributed by atoms with Crippen LogP contribution in [0.25, 0.3) is 110 Å². The van der Waals surface area contributed by atoms with E-state index in [2.05, 4.69) is 237 Å². The average molecular weight is 996 g/mol. The van der Waals surface area contributed by atoms with Gasteiger partial charge in [0.2, 0.25) is 0 Å². The third-order valence-electron chi connectivity index (χ3n) is 18.4. The molecule has 0 saturated heterocycles. The molecule has 3 aromatic heterocycles. The van der Waals surface area contributed by atoms with Gasteiger partial charge >= 0.3 is 0 Å². The number of hydrogen-bond acceptors (Lipinski definition) is 4. The highest BCUT2D eigenvalue weighted by atomic mass is 16.3. The lowest BCUT2D eigenvalue weighted by Gasteiger charge is -2.30. The molecule has 10 aromatic carbocycles. The maximum Gasteiger partial charge on any atom is 0.143 e. The zero-order chi connectivity index (χ0) is 52.2. The quantitative estimate of drug-likeness (QED) is 0.176. The number of nitrogens with zero attached hydrogens (tertiary/aromatic N) is 1. The average Bonchev–Trinajstić information content (AvgIpc) is 4.32. The van der Waals surface area contributed by atoms with E-state index in [4.69, 9.17) is 13.3 Å². The zero-order valence-electron chi connectivity index (χ0n) is 45.0. The molecule has 4 nitrogen and oxygen atoms in total. The topological polar surface area (TPSA) is 42.7 Å². The van der Waals surface area contributed by atoms with Crippen LogP contribution in [0.3, 0.4) is 0 Å². The van der Waals surface area contributed by atoms with Crippen LogP contribution < -0.4 is 4.90 Å². The Balaban J connectivity index is 0.859. The summed E-state index contributed by atoms with van der Waals surface area (Å²) >= 11 is 0. The number of furan rings is 3. The van der Waals surface area contributed by atoms with Crippen molar-refractivity contribution in [1.29, 1.82) is 0 Å². The maximum atomic E-state index is 6.96. The van der Waals surface area contributed by atoms with E-state index in [0.29, 0.717) is 0 Å². The Bertz CT molecular complexity index is 4750. The van der Waals surface area contributed by atoms with Crippen molar-refractivity contribution in [1.82, 2.24) is 0 Å². The molecule has 3 aliphatic rings. The van der Waals surface area contributed by atoms with Crippen LogP contribution in [0.4, 0.5) is 17.1 Å². The number of rotatable bonds is 4. The van der Waals surface area contributed by atoms with Gasteiger partial charge in [-0.2, -0.15) is 0 Å². The summed E-state index contributed by atoms with van der Waals surface area (Å²) in [6, 6.07) is 67.6. The molecule has 0 spiro atoms. The summed E-state index contributed by atoms with van der Waals surface area (Å²) in [5.74, 6) is 0. The summed E-state index contributed by atoms with van der Waals surface area (Å²) in [6.07, 6.45) is 0. The highest BCUT2D eigenvalue weighted by Gasteiger charge is 2.44. The zero-order valence-corrected chi connectivity index (χ0v) is 45.0. The summed E-state index contributed by atoms with van der Waals surface area (Å²) in [5, 5.41) is 6.92. The van der Waals surface area contributed by atoms with Crippen molar-refractivity contribution in [3.63, 3.8) is 0 Å². The fraction of sp³-hybridized carbons (Fsp3) is 0.178. The van der Waals surface area contributed by atoms with Crippen LogP contribution in [0.15, 0.2) is 195 Å². The molecule has 0 amide bonds. The van der Waals surface area contributed by atoms with Gasteiger partial charge in [-0.15, -0.1) is 0 Å². The summed E-state index contributed by atoms with van der Waals surface area (Å²) in [7, 11) is 0. The van der Waals surface area contributed by atoms with Gasteiger partial charge in [0.25, 0.3) is 0 Å². The minimum absolute atomic E-state index is 0.0153. The van der Waals surface area contributed by atoms with E-state index in [0.717, 1.165) is 77.8 Å². The Morgan fingerprint density at radius 3 is 1.55 bits per heavy atom. The molecule has 13 aromatic rings. The van der Waals surface area contributed by atoms with E-state index >= 15 is 0 Å². The molecule has 0 unspecified atom stereocenters. The highest BCUT2D eigenvalue weighted by molar-refractivity contribution is 6.20. The second kappa shape index (κ2) is 14.9. The third-order valence-corrected chi connectivity index (χ3v) is 18.4. The first kappa shape index (κ1) is 44.7. The Hall–Kier alpha value is -8.60. The predicted octanol–water partition coefficient (Wildman–Crippen LogP) is 20.7. The van der Waals surface area contributed by atoms with Crippen LogP contribution in [0, 0.1) is 0 Å². The van der Waals surface area contributed by atoms with Crippen molar-refractivity contribution >= 4 is 82.9 Å². The molecular formula is C73H57NO3. The lowest BCUT2D eigenvalue weighted by Crippen LogP contribution is -2.18. The van der Waals surface area contributed by atoms with E-state index in [1.807, 2.05) is 12.1 Å². The molecule has 0 aliphatic heterocycles. The van der Waals surface area contributed by atoms with Gasteiger partial charge in [0.1, 0.15) is 33.5 Å². The number of hydrogen-bond donors (Lipinski definition) is 0. The van der Waals surface area contributed by atoms with Crippen molar-refractivity contribution in [2.45, 2.75) is 84.0 Å². The highest BCUT2D eigenvalue weighted by Crippen LogP contribution is 2.60. The molecule has 0 N–H and O–H groups in total. The van der Waals surface area contributed by atoms with E-state index in [1.165, 1.54) is 88.5 Å². The second-order valence-corrected chi connectivity index (χ2v) is 24.8. The summed E-state index contributed by atoms with van der Waals surface area (Å²) in [4.78, 5) is 2.49. The van der Waals surface area contributed by atoms with E-state index < -0.39 is 0 Å². The summed E-state index contributed by atoms with van der Waals surface area (Å²) < 4.78 is 19.8. The van der Waals surface area contributed by atoms with E-state index in [1.54, 1.807) is 0 Å². The molecule has 372 valence electrons. The number of para-hydroxylation sites is 3. The molecule has 4 heteroatoms. The van der Waals surface area contributed by atoms with Crippen LogP contribution in [0.2, 0.25) is 0 Å². The van der Waals surface area contributed by atoms with Crippen molar-refractivity contribution < 1.29 is 13.3 Å². The van der Waals surface area contributed by atoms with Crippen molar-refractivity contribution in [3.05, 3.63) is 221 Å². The lowest BCUT2D eigenvalue weighted by molar-refractivity contribution is 0.590. The van der Waals surface area contributed by atoms with Gasteiger partial charge < -0.3 is 18.2 Å². The van der Waals surface area contributed by atoms with Crippen molar-refractivity contribution in [2.24, 2.45) is 0 Å². The SMILES string of the molecule is CC(C)(C)c1ccc(N(c2ccc3c(c2)C(C)(C)c2cc4c(cc2-3)C(C)(C)c2ccc3oc5ccccc5c3c2-4)c2ccc3c(c2)C(C)(C)c2cc(-c4ccc5oc6ccccc6c5c4)c4oc5ccccc5c4c2-3)cc1. The van der Waals surface area contributed by atoms with Gasteiger partial charge in [-0.25, -0.2) is 0 Å². The van der Waals surface area contributed by atoms with Crippen molar-refractivity contribution in [2.75, 3.05) is 4.90 Å². The first-order valence-corrected chi connectivity index (χ1v) is 27.3. The Kier molecular flexibility index (Phi) is 8.62. The van der Waals surface area contributed by atoms with Crippen LogP contribution in [-0.2, 0) is 21.7 Å². The largest absolute Gasteiger partial charge is 0.456 e. The third kappa shape index (κ3) is 5.93. The molecule has 0 bridgehead atoms. The smallest absolute Gasteiger partial charge is 0.143 e. The van der Waals surface area contributed by atoms with Gasteiger partial charge in [-0.05, 0) is 174 Å². The van der Waals surface area contributed by atoms with E-state index in [9.17, 15) is 0 Å². The van der Waals surface area contributed by atoms with Gasteiger partial charge in [0, 0.05) is 71.2 Å². The minimum Gasteiger partial charge on any atom is -0.456 e. The Morgan fingerprint density at radius 1 is 0.338 bits per heavy atom. The lowest BCUT2D eigenvalue weighted by atomic mass is 9.79. The van der Waals surface area contributed by atoms with Crippen LogP contribution in [0.5, 0.6) is 0 Å². The second-order valence-electron chi connectivity index (χ2n) is 24.8. The minimum atomic E-state index is -0.348. The van der Waals surface area contributed by atoms with Gasteiger partial charge in [0.15, 0.2) is 0 Å². The molecular weight excluding hydrogens is 939 g/mol. The molecule has 0 atom stereocenters. The molecule has 3 heterocycles. The molecule has 16 rings (SSSR count). The fourth-order valence-corrected chi connectivity index (χ4v) is 14.3. The van der Waals surface area contributed by atoms with E-state index in [-0.39, 0.29) is 21.7 Å². The van der Waals surface area contributed by atoms with Crippen LogP contribution in [-0.4, -0.2) is 0 Å². The van der Waals surface area contributed by atoms with Crippen LogP contribution in [0.1, 0.15) is 101 Å². The normalized spacial score (nSPS) is 15.4. The monoisotopic (exact) mass is 995 g/mol. The van der Waals surface area contributed by atoms with Crippen LogP contribution >= 0.6 is 0 Å². The Labute approximate surface area is 448 Å². The summed E-state index contributed by atoms with van der Waals surface area (Å²) in [6.45, 7) is 21.3. The molecule has 0 fully saturated rings. The van der Waals surface area contributed by atoms with Crippen molar-refractivity contribution in [3.8, 4) is 44.5 Å². The molecule has 0 radical (unpaired) electrons. The predicted molar refractivity (Wildman–Crippen MR) is 320 cm³/mol. The molecule has 0 saturated carbocycles. The van der Waals surface area contributed by atoms with Gasteiger partial charge in [0.05, 0.1) is 0 Å². The first-order chi connectivity index (χ1) is 37.1. The number of fused-ring (bicyclic) bond motifs is 20. The first-order valence-electron chi connectivity index (χ1n) is 27.3. The van der Waals surface area contributed by atoms with Gasteiger partial charge in [-0.1, -0.05) is 153 Å². The summed E-state index contributed by atoms with van der Waals surface area (Å²) in [5.41, 5.74) is 27.4. The standard InChI is InChI=1S/C73H57NO3/c1-70(2,3)41-23-25-42(26-24-41)74(43-27-29-45-51-38-58-53(39-57(51)72(6,7)55(45)35-43)66-54(71(58,4)5)31-33-64-67(66)48-17-11-14-20-61(48)76-64)44-28-30-47-56(36-44)73(8,9)59-37-50(69-68(65(47)59)49-18-12-15-21-62(49)77-69)40-22-32-63-52(34-40)46-16-10-13-19-60(46)75-63/h10-39H,1-9H3. The number of anilines is 3. The Morgan fingerprint density at radius 2 is 0.831 bits per heavy atom. The maximum absolute atomic E-state index is 6.96. The number of benzene rings is 10. The van der Waals surface area contributed by atoms with Gasteiger partial charge in [-0.3, -0.25) is 0 Å².